The van der Waals surface area contributed by atoms with Crippen LogP contribution in [0, 0.1) is 0 Å². The molecule has 1 aliphatic rings. The second-order valence-electron chi connectivity index (χ2n) is 3.04. The molecule has 2 rings (SSSR count). The van der Waals surface area contributed by atoms with Gasteiger partial charge in [-0.3, -0.25) is 19.2 Å². The van der Waals surface area contributed by atoms with E-state index >= 15 is 0 Å². The van der Waals surface area contributed by atoms with E-state index in [1.807, 2.05) is 0 Å². The molecule has 0 saturated heterocycles. The first-order valence-electron chi connectivity index (χ1n) is 3.89. The Morgan fingerprint density at radius 1 is 1.00 bits per heavy atom. The smallest absolute Gasteiger partial charge is 0.275 e. The van der Waals surface area contributed by atoms with Crippen LogP contribution in [0.1, 0.15) is 0 Å². The lowest BCUT2D eigenvalue weighted by Crippen LogP contribution is -2.60. The highest BCUT2D eigenvalue weighted by Crippen LogP contribution is 2.23. The van der Waals surface area contributed by atoms with Gasteiger partial charge in [0, 0.05) is 0 Å². The second-order valence-corrected chi connectivity index (χ2v) is 3.04. The van der Waals surface area contributed by atoms with Crippen molar-refractivity contribution in [2.24, 2.45) is 0 Å². The third-order valence-electron chi connectivity index (χ3n) is 2.13. The molecule has 0 amide bonds. The highest BCUT2D eigenvalue weighted by atomic mass is 16.5. The summed E-state index contributed by atoms with van der Waals surface area (Å²) in [6.07, 6.45) is -3.32. The van der Waals surface area contributed by atoms with Gasteiger partial charge in [0.1, 0.15) is 0 Å². The van der Waals surface area contributed by atoms with Crippen molar-refractivity contribution in [1.82, 2.24) is 0 Å². The van der Waals surface area contributed by atoms with Gasteiger partial charge in [-0.1, -0.05) is 0 Å². The van der Waals surface area contributed by atoms with Crippen molar-refractivity contribution < 1.29 is 24.5 Å². The lowest BCUT2D eigenvalue weighted by Gasteiger charge is -2.28. The van der Waals surface area contributed by atoms with Crippen molar-refractivity contribution in [3.63, 3.8) is 0 Å². The van der Waals surface area contributed by atoms with Gasteiger partial charge in [0.05, 0.1) is 0 Å². The van der Waals surface area contributed by atoms with Crippen LogP contribution in [0.5, 0.6) is 11.5 Å². The molecule has 1 aromatic rings. The van der Waals surface area contributed by atoms with Gasteiger partial charge in [0.25, 0.3) is 10.9 Å². The third-order valence-corrected chi connectivity index (χ3v) is 2.13. The number of aliphatic hydroxyl groups excluding tert-OH is 1. The van der Waals surface area contributed by atoms with E-state index in [-0.39, 0.29) is 0 Å². The molecule has 1 saturated carbocycles. The number of ether oxygens (including phenoxy) is 1. The summed E-state index contributed by atoms with van der Waals surface area (Å²) in [6, 6.07) is 0. The Morgan fingerprint density at radius 3 is 2.00 bits per heavy atom. The molecular weight excluding hydrogens is 208 g/mol. The maximum Gasteiger partial charge on any atom is 0.275 e. The number of hydrogen-bond donors (Lipinski definition) is 2. The summed E-state index contributed by atoms with van der Waals surface area (Å²) < 4.78 is 4.51. The van der Waals surface area contributed by atoms with Crippen LogP contribution >= 0.6 is 0 Å². The van der Waals surface area contributed by atoms with Crippen LogP contribution in [0.2, 0.25) is 0 Å². The maximum absolute atomic E-state index is 10.8. The predicted octanol–water partition coefficient (Wildman–Crippen LogP) is -2.75. The minimum absolute atomic E-state index is 0.696. The number of carbonyl (C=O) groups excluding carboxylic acids is 2. The quantitative estimate of drug-likeness (QED) is 0.403. The van der Waals surface area contributed by atoms with Crippen molar-refractivity contribution in [2.75, 3.05) is 0 Å². The zero-order chi connectivity index (χ0) is 11.3. The summed E-state index contributed by atoms with van der Waals surface area (Å²) in [4.78, 5) is 43.0. The third kappa shape index (κ3) is 1.03. The molecule has 7 nitrogen and oxygen atoms in total. The number of aromatic hydroxyl groups is 1. The molecule has 1 aliphatic carbocycles. The molecule has 0 spiro atoms. The van der Waals surface area contributed by atoms with Gasteiger partial charge in [0.15, 0.2) is 6.10 Å². The fraction of sp³-hybridized carbons (Fsp3) is 0.250. The average molecular weight is 212 g/mol. The molecule has 1 aromatic carbocycles. The number of carbonyl (C=O) groups is 2. The molecule has 0 heterocycles. The van der Waals surface area contributed by atoms with Gasteiger partial charge in [-0.2, -0.15) is 0 Å². The Hall–Kier alpha value is -2.02. The zero-order valence-electron chi connectivity index (χ0n) is 7.09. The number of Topliss-reactive ketones (excluding diaryl/α,β-unsaturated/α-hetero) is 2. The largest absolute Gasteiger partial charge is 0.501 e. The van der Waals surface area contributed by atoms with Crippen LogP contribution in [-0.4, -0.2) is 34.0 Å². The van der Waals surface area contributed by atoms with Crippen molar-refractivity contribution in [3.05, 3.63) is 20.4 Å². The Balaban J connectivity index is 2.19. The van der Waals surface area contributed by atoms with Crippen molar-refractivity contribution in [2.45, 2.75) is 12.2 Å². The van der Waals surface area contributed by atoms with E-state index in [9.17, 15) is 19.2 Å². The molecule has 0 unspecified atom stereocenters. The highest BCUT2D eigenvalue weighted by Gasteiger charge is 2.51. The topological polar surface area (TPSA) is 118 Å². The Bertz CT molecular complexity index is 517. The van der Waals surface area contributed by atoms with E-state index in [0.717, 1.165) is 0 Å². The fourth-order valence-corrected chi connectivity index (χ4v) is 1.17. The van der Waals surface area contributed by atoms with Crippen LogP contribution in [0.15, 0.2) is 9.59 Å². The molecule has 1 fully saturated rings. The van der Waals surface area contributed by atoms with E-state index in [1.165, 1.54) is 0 Å². The standard InChI is InChI=1S/C8H4O7/c9-1-3(11)7(4(1)12)15-8-5(13)2(10)6(8)14/h1,7,9,13H. The summed E-state index contributed by atoms with van der Waals surface area (Å²) >= 11 is 0. The molecule has 15 heavy (non-hydrogen) atoms. The second kappa shape index (κ2) is 2.74. The maximum atomic E-state index is 10.8. The predicted molar refractivity (Wildman–Crippen MR) is 43.5 cm³/mol. The first-order chi connectivity index (χ1) is 6.95. The van der Waals surface area contributed by atoms with Crippen molar-refractivity contribution >= 4 is 11.6 Å². The molecule has 0 bridgehead atoms. The van der Waals surface area contributed by atoms with E-state index < -0.39 is 46.1 Å². The van der Waals surface area contributed by atoms with Gasteiger partial charge < -0.3 is 14.9 Å². The molecule has 78 valence electrons. The summed E-state index contributed by atoms with van der Waals surface area (Å²) in [5, 5.41) is 17.6. The number of ketones is 2. The van der Waals surface area contributed by atoms with Gasteiger partial charge in [0.2, 0.25) is 29.2 Å². The summed E-state index contributed by atoms with van der Waals surface area (Å²) in [6.45, 7) is 0. The molecule has 7 heteroatoms. The summed E-state index contributed by atoms with van der Waals surface area (Å²) in [5.41, 5.74) is -2.21. The van der Waals surface area contributed by atoms with Crippen LogP contribution < -0.4 is 15.6 Å². The SMILES string of the molecule is O=C1C(O)C(=O)C1Oc1c(O)c(=O)c1=O. The lowest BCUT2D eigenvalue weighted by molar-refractivity contribution is -0.162. The minimum Gasteiger partial charge on any atom is -0.501 e. The van der Waals surface area contributed by atoms with Gasteiger partial charge in [-0.15, -0.1) is 0 Å². The zero-order valence-corrected chi connectivity index (χ0v) is 7.09. The van der Waals surface area contributed by atoms with Gasteiger partial charge in [-0.25, -0.2) is 0 Å². The molecule has 2 N–H and O–H groups in total. The molecule has 0 aromatic heterocycles. The van der Waals surface area contributed by atoms with E-state index in [0.29, 0.717) is 0 Å². The van der Waals surface area contributed by atoms with Crippen LogP contribution in [0.4, 0.5) is 0 Å². The van der Waals surface area contributed by atoms with Crippen molar-refractivity contribution in [3.8, 4) is 11.5 Å². The Morgan fingerprint density at radius 2 is 1.53 bits per heavy atom. The highest BCUT2D eigenvalue weighted by molar-refractivity contribution is 6.28. The summed E-state index contributed by atoms with van der Waals surface area (Å²) in [7, 11) is 0. The van der Waals surface area contributed by atoms with Crippen LogP contribution in [-0.2, 0) is 9.59 Å². The Kier molecular flexibility index (Phi) is 1.74. The number of aliphatic hydroxyl groups is 1. The minimum atomic E-state index is -1.73. The van der Waals surface area contributed by atoms with E-state index in [1.54, 1.807) is 0 Å². The number of hydrogen-bond acceptors (Lipinski definition) is 7. The normalized spacial score (nSPS) is 25.4. The molecular formula is C8H4O7. The molecule has 0 atom stereocenters. The monoisotopic (exact) mass is 212 g/mol. The van der Waals surface area contributed by atoms with Crippen LogP contribution in [0.25, 0.3) is 0 Å². The first kappa shape index (κ1) is 9.53. The average Bonchev–Trinajstić information content (AvgIpc) is 2.27. The van der Waals surface area contributed by atoms with Crippen LogP contribution in [0.3, 0.4) is 0 Å². The molecule has 0 radical (unpaired) electrons. The lowest BCUT2D eigenvalue weighted by atomic mass is 9.88. The fourth-order valence-electron chi connectivity index (χ4n) is 1.17. The van der Waals surface area contributed by atoms with Gasteiger partial charge >= 0.3 is 0 Å². The van der Waals surface area contributed by atoms with E-state index in [2.05, 4.69) is 4.74 Å². The molecule has 0 aliphatic heterocycles. The van der Waals surface area contributed by atoms with Gasteiger partial charge in [-0.05, 0) is 0 Å². The Labute approximate surface area is 81.2 Å². The van der Waals surface area contributed by atoms with E-state index in [4.69, 9.17) is 10.2 Å². The van der Waals surface area contributed by atoms with Crippen molar-refractivity contribution in [1.29, 1.82) is 0 Å². The first-order valence-corrected chi connectivity index (χ1v) is 3.89. The summed E-state index contributed by atoms with van der Waals surface area (Å²) in [5.74, 6) is -3.39. The number of rotatable bonds is 2.